The summed E-state index contributed by atoms with van der Waals surface area (Å²) in [7, 11) is 0. The summed E-state index contributed by atoms with van der Waals surface area (Å²) in [6.45, 7) is 9.17. The lowest BCUT2D eigenvalue weighted by atomic mass is 10.1. The predicted molar refractivity (Wildman–Crippen MR) is 124 cm³/mol. The van der Waals surface area contributed by atoms with Gasteiger partial charge in [-0.25, -0.2) is 4.79 Å². The van der Waals surface area contributed by atoms with Crippen molar-refractivity contribution in [2.45, 2.75) is 39.7 Å². The number of ether oxygens (including phenoxy) is 1. The van der Waals surface area contributed by atoms with Crippen molar-refractivity contribution in [1.82, 2.24) is 9.80 Å². The fourth-order valence-electron chi connectivity index (χ4n) is 4.34. The number of carbonyl (C=O) groups excluding carboxylic acids is 2. The van der Waals surface area contributed by atoms with Gasteiger partial charge in [-0.3, -0.25) is 14.6 Å². The van der Waals surface area contributed by atoms with Crippen LogP contribution in [0.15, 0.2) is 24.3 Å². The van der Waals surface area contributed by atoms with Crippen molar-refractivity contribution in [3.05, 3.63) is 51.4 Å². The Balaban J connectivity index is 1.30. The number of hydrogen-bond acceptors (Lipinski definition) is 6. The van der Waals surface area contributed by atoms with Crippen molar-refractivity contribution < 1.29 is 14.3 Å². The molecule has 0 saturated carbocycles. The van der Waals surface area contributed by atoms with Gasteiger partial charge in [0.1, 0.15) is 5.00 Å². The average Bonchev–Trinajstić information content (AvgIpc) is 3.32. The first-order valence-electron chi connectivity index (χ1n) is 11.1. The Morgan fingerprint density at radius 2 is 1.77 bits per heavy atom. The van der Waals surface area contributed by atoms with Crippen LogP contribution in [-0.4, -0.2) is 61.0 Å². The molecule has 0 unspecified atom stereocenters. The zero-order valence-corrected chi connectivity index (χ0v) is 19.2. The highest BCUT2D eigenvalue weighted by Gasteiger charge is 2.29. The second-order valence-electron chi connectivity index (χ2n) is 8.37. The first kappa shape index (κ1) is 22.0. The molecule has 7 heteroatoms. The number of benzene rings is 1. The van der Waals surface area contributed by atoms with E-state index in [9.17, 15) is 9.59 Å². The van der Waals surface area contributed by atoms with Gasteiger partial charge < -0.3 is 10.1 Å². The Hall–Kier alpha value is -2.22. The second kappa shape index (κ2) is 9.94. The largest absolute Gasteiger partial charge is 0.462 e. The van der Waals surface area contributed by atoms with Crippen LogP contribution in [0.2, 0.25) is 0 Å². The molecule has 2 heterocycles. The van der Waals surface area contributed by atoms with E-state index in [2.05, 4.69) is 46.3 Å². The van der Waals surface area contributed by atoms with E-state index in [0.717, 1.165) is 57.5 Å². The van der Waals surface area contributed by atoms with E-state index < -0.39 is 0 Å². The van der Waals surface area contributed by atoms with Gasteiger partial charge in [-0.15, -0.1) is 11.3 Å². The number of piperazine rings is 1. The molecule has 1 aromatic carbocycles. The molecule has 0 radical (unpaired) electrons. The third-order valence-corrected chi connectivity index (χ3v) is 7.22. The molecule has 1 aromatic heterocycles. The van der Waals surface area contributed by atoms with Crippen molar-refractivity contribution in [3.63, 3.8) is 0 Å². The molecule has 2 aliphatic rings. The van der Waals surface area contributed by atoms with Gasteiger partial charge >= 0.3 is 5.97 Å². The Labute approximate surface area is 188 Å². The summed E-state index contributed by atoms with van der Waals surface area (Å²) in [5, 5.41) is 3.66. The fraction of sp³-hybridized carbons (Fsp3) is 0.500. The van der Waals surface area contributed by atoms with Crippen LogP contribution in [0.3, 0.4) is 0 Å². The molecule has 166 valence electrons. The summed E-state index contributed by atoms with van der Waals surface area (Å²) in [4.78, 5) is 31.0. The monoisotopic (exact) mass is 441 g/mol. The van der Waals surface area contributed by atoms with Crippen LogP contribution in [0.25, 0.3) is 0 Å². The van der Waals surface area contributed by atoms with Crippen molar-refractivity contribution >= 4 is 28.2 Å². The van der Waals surface area contributed by atoms with E-state index in [0.29, 0.717) is 23.7 Å². The van der Waals surface area contributed by atoms with Gasteiger partial charge in [-0.2, -0.15) is 0 Å². The quantitative estimate of drug-likeness (QED) is 0.667. The maximum atomic E-state index is 12.7. The number of fused-ring (bicyclic) bond motifs is 1. The van der Waals surface area contributed by atoms with Crippen LogP contribution >= 0.6 is 11.3 Å². The fourth-order valence-corrected chi connectivity index (χ4v) is 5.63. The maximum Gasteiger partial charge on any atom is 0.341 e. The summed E-state index contributed by atoms with van der Waals surface area (Å²) < 4.78 is 5.25. The number of amides is 1. The number of thiophene rings is 1. The van der Waals surface area contributed by atoms with E-state index in [4.69, 9.17) is 4.74 Å². The zero-order valence-electron chi connectivity index (χ0n) is 18.4. The Morgan fingerprint density at radius 3 is 2.48 bits per heavy atom. The maximum absolute atomic E-state index is 12.7. The predicted octanol–water partition coefficient (Wildman–Crippen LogP) is 3.48. The van der Waals surface area contributed by atoms with Gasteiger partial charge in [-0.1, -0.05) is 29.8 Å². The lowest BCUT2D eigenvalue weighted by Crippen LogP contribution is -2.48. The minimum absolute atomic E-state index is 0.0579. The smallest absolute Gasteiger partial charge is 0.341 e. The molecule has 1 N–H and O–H groups in total. The number of aryl methyl sites for hydroxylation is 2. The number of nitrogens with zero attached hydrogens (tertiary/aromatic N) is 2. The molecule has 6 nitrogen and oxygen atoms in total. The summed E-state index contributed by atoms with van der Waals surface area (Å²) in [5.74, 6) is -0.376. The van der Waals surface area contributed by atoms with E-state index in [1.807, 2.05) is 0 Å². The highest BCUT2D eigenvalue weighted by molar-refractivity contribution is 7.17. The Morgan fingerprint density at radius 1 is 1.06 bits per heavy atom. The Bertz CT molecular complexity index is 930. The van der Waals surface area contributed by atoms with Gasteiger partial charge in [0.2, 0.25) is 5.91 Å². The van der Waals surface area contributed by atoms with Gasteiger partial charge in [0.05, 0.1) is 18.7 Å². The molecule has 0 atom stereocenters. The topological polar surface area (TPSA) is 61.9 Å². The van der Waals surface area contributed by atoms with Crippen molar-refractivity contribution in [3.8, 4) is 0 Å². The molecule has 31 heavy (non-hydrogen) atoms. The van der Waals surface area contributed by atoms with Crippen LogP contribution in [0.4, 0.5) is 5.00 Å². The lowest BCUT2D eigenvalue weighted by Gasteiger charge is -2.34. The van der Waals surface area contributed by atoms with Crippen LogP contribution in [0.5, 0.6) is 0 Å². The molecular formula is C24H31N3O3S. The van der Waals surface area contributed by atoms with E-state index in [-0.39, 0.29) is 11.9 Å². The normalized spacial score (nSPS) is 16.8. The van der Waals surface area contributed by atoms with Crippen LogP contribution in [0, 0.1) is 6.92 Å². The van der Waals surface area contributed by atoms with Crippen molar-refractivity contribution in [2.24, 2.45) is 0 Å². The number of carbonyl (C=O) groups is 2. The van der Waals surface area contributed by atoms with Crippen LogP contribution in [-0.2, 0) is 28.9 Å². The second-order valence-corrected chi connectivity index (χ2v) is 9.47. The molecule has 1 aliphatic carbocycles. The standard InChI is InChI=1S/C24H31N3O3S/c1-3-30-24(29)22-19-5-4-6-20(19)31-23(22)25-21(28)16-27-13-11-26(12-14-27)15-18-9-7-17(2)8-10-18/h7-10H,3-6,11-16H2,1-2H3,(H,25,28). The number of anilines is 1. The van der Waals surface area contributed by atoms with Gasteiger partial charge in [-0.05, 0) is 44.2 Å². The SMILES string of the molecule is CCOC(=O)c1c(NC(=O)CN2CCN(Cc3ccc(C)cc3)CC2)sc2c1CCC2. The molecule has 0 spiro atoms. The summed E-state index contributed by atoms with van der Waals surface area (Å²) in [6.07, 6.45) is 2.93. The third-order valence-electron chi connectivity index (χ3n) is 6.01. The molecule has 1 amide bonds. The summed E-state index contributed by atoms with van der Waals surface area (Å²) in [6, 6.07) is 8.69. The number of esters is 1. The highest BCUT2D eigenvalue weighted by Crippen LogP contribution is 2.39. The van der Waals surface area contributed by atoms with Gasteiger partial charge in [0.15, 0.2) is 0 Å². The lowest BCUT2D eigenvalue weighted by molar-refractivity contribution is -0.117. The molecule has 0 bridgehead atoms. The van der Waals surface area contributed by atoms with Crippen LogP contribution < -0.4 is 5.32 Å². The molecule has 1 saturated heterocycles. The van der Waals surface area contributed by atoms with E-state index in [1.165, 1.54) is 27.3 Å². The van der Waals surface area contributed by atoms with Crippen LogP contribution in [0.1, 0.15) is 45.3 Å². The molecule has 1 aliphatic heterocycles. The Kier molecular flexibility index (Phi) is 7.05. The van der Waals surface area contributed by atoms with E-state index in [1.54, 1.807) is 6.92 Å². The molecule has 2 aromatic rings. The minimum Gasteiger partial charge on any atom is -0.462 e. The first-order valence-corrected chi connectivity index (χ1v) is 12.0. The third kappa shape index (κ3) is 5.34. The molecule has 4 rings (SSSR count). The van der Waals surface area contributed by atoms with Gasteiger partial charge in [0.25, 0.3) is 0 Å². The number of rotatable bonds is 7. The van der Waals surface area contributed by atoms with Crippen molar-refractivity contribution in [2.75, 3.05) is 44.6 Å². The van der Waals surface area contributed by atoms with Crippen molar-refractivity contribution in [1.29, 1.82) is 0 Å². The average molecular weight is 442 g/mol. The minimum atomic E-state index is -0.318. The van der Waals surface area contributed by atoms with E-state index >= 15 is 0 Å². The highest BCUT2D eigenvalue weighted by atomic mass is 32.1. The van der Waals surface area contributed by atoms with Gasteiger partial charge in [0, 0.05) is 37.6 Å². The summed E-state index contributed by atoms with van der Waals surface area (Å²) in [5.41, 5.74) is 4.26. The molecule has 1 fully saturated rings. The zero-order chi connectivity index (χ0) is 21.8. The molecular weight excluding hydrogens is 410 g/mol. The summed E-state index contributed by atoms with van der Waals surface area (Å²) >= 11 is 1.54. The first-order chi connectivity index (χ1) is 15.0. The number of nitrogens with one attached hydrogen (secondary N) is 1. The number of hydrogen-bond donors (Lipinski definition) is 1.